The third kappa shape index (κ3) is 1.09. The number of carbonyl (C=O) groups is 1. The fourth-order valence-electron chi connectivity index (χ4n) is 2.27. The highest BCUT2D eigenvalue weighted by molar-refractivity contribution is 5.87. The molecular weight excluding hydrogens is 140 g/mol. The van der Waals surface area contributed by atoms with E-state index in [-0.39, 0.29) is 0 Å². The fourth-order valence-corrected chi connectivity index (χ4v) is 2.27. The normalized spacial score (nSPS) is 40.8. The molecule has 0 aliphatic heterocycles. The van der Waals surface area contributed by atoms with Gasteiger partial charge in [-0.15, -0.1) is 0 Å². The molecule has 2 aliphatic carbocycles. The Bertz CT molecular complexity index is 176. The van der Waals surface area contributed by atoms with E-state index in [1.165, 1.54) is 0 Å². The Balaban J connectivity index is 1.80. The van der Waals surface area contributed by atoms with E-state index < -0.39 is 0 Å². The van der Waals surface area contributed by atoms with Gasteiger partial charge in [0.15, 0.2) is 0 Å². The van der Waals surface area contributed by atoms with Crippen LogP contribution in [-0.2, 0) is 9.53 Å². The minimum atomic E-state index is 0.404. The average Bonchev–Trinajstić information content (AvgIpc) is 2.58. The molecule has 0 aromatic rings. The Labute approximate surface area is 66.9 Å². The first-order valence-corrected chi connectivity index (χ1v) is 4.45. The summed E-state index contributed by atoms with van der Waals surface area (Å²) < 4.78 is 5.29. The summed E-state index contributed by atoms with van der Waals surface area (Å²) in [4.78, 5) is 11.1. The fraction of sp³-hybridized carbons (Fsp3) is 0.889. The van der Waals surface area contributed by atoms with Crippen LogP contribution in [0.25, 0.3) is 0 Å². The van der Waals surface area contributed by atoms with Gasteiger partial charge in [-0.25, -0.2) is 0 Å². The number of carbonyl (C=O) groups excluding carboxylic acids is 1. The van der Waals surface area contributed by atoms with Gasteiger partial charge in [0.2, 0.25) is 0 Å². The molecule has 2 nitrogen and oxygen atoms in total. The smallest absolute Gasteiger partial charge is 0.136 e. The van der Waals surface area contributed by atoms with Crippen LogP contribution in [0.4, 0.5) is 0 Å². The molecule has 0 amide bonds. The molecule has 0 aromatic heterocycles. The second-order valence-electron chi connectivity index (χ2n) is 3.52. The lowest BCUT2D eigenvalue weighted by molar-refractivity contribution is -0.119. The molecule has 2 heteroatoms. The van der Waals surface area contributed by atoms with E-state index in [1.807, 2.05) is 6.92 Å². The van der Waals surface area contributed by atoms with E-state index >= 15 is 0 Å². The zero-order valence-electron chi connectivity index (χ0n) is 6.88. The Morgan fingerprint density at radius 1 is 1.64 bits per heavy atom. The van der Waals surface area contributed by atoms with Gasteiger partial charge in [-0.2, -0.15) is 0 Å². The summed E-state index contributed by atoms with van der Waals surface area (Å²) in [5.74, 6) is 2.19. The molecule has 2 fully saturated rings. The molecule has 11 heavy (non-hydrogen) atoms. The first-order valence-electron chi connectivity index (χ1n) is 4.45. The molecule has 2 rings (SSSR count). The molecule has 0 N–H and O–H groups in total. The summed E-state index contributed by atoms with van der Waals surface area (Å²) in [6, 6.07) is 0. The molecule has 0 radical (unpaired) electrons. The van der Waals surface area contributed by atoms with Crippen molar-refractivity contribution in [3.63, 3.8) is 0 Å². The number of hydrogen-bond donors (Lipinski definition) is 0. The van der Waals surface area contributed by atoms with Crippen molar-refractivity contribution < 1.29 is 9.53 Å². The number of ether oxygens (including phenoxy) is 1. The lowest BCUT2D eigenvalue weighted by Crippen LogP contribution is -2.05. The number of Topliss-reactive ketones (excluding diaryl/α,β-unsaturated/α-hetero) is 1. The molecule has 0 heterocycles. The molecular formula is C9H14O2. The van der Waals surface area contributed by atoms with E-state index in [9.17, 15) is 4.79 Å². The lowest BCUT2D eigenvalue weighted by atomic mass is 10.1. The van der Waals surface area contributed by atoms with Crippen LogP contribution in [-0.4, -0.2) is 19.0 Å². The maximum absolute atomic E-state index is 11.1. The maximum atomic E-state index is 11.1. The largest absolute Gasteiger partial charge is 0.381 e. The average molecular weight is 154 g/mol. The maximum Gasteiger partial charge on any atom is 0.136 e. The predicted octanol–water partition coefficient (Wildman–Crippen LogP) is 1.25. The summed E-state index contributed by atoms with van der Waals surface area (Å²) in [5.41, 5.74) is 0. The quantitative estimate of drug-likeness (QED) is 0.611. The first-order chi connectivity index (χ1) is 5.34. The van der Waals surface area contributed by atoms with Crippen molar-refractivity contribution in [3.05, 3.63) is 0 Å². The molecule has 2 saturated carbocycles. The van der Waals surface area contributed by atoms with Crippen LogP contribution in [0.2, 0.25) is 0 Å². The van der Waals surface area contributed by atoms with Gasteiger partial charge in [0.1, 0.15) is 5.78 Å². The highest BCUT2D eigenvalue weighted by Crippen LogP contribution is 2.55. The van der Waals surface area contributed by atoms with Crippen LogP contribution in [0.1, 0.15) is 19.8 Å². The van der Waals surface area contributed by atoms with Crippen molar-refractivity contribution in [3.8, 4) is 0 Å². The molecule has 3 atom stereocenters. The molecule has 1 unspecified atom stereocenters. The van der Waals surface area contributed by atoms with Gasteiger partial charge >= 0.3 is 0 Å². The predicted molar refractivity (Wildman–Crippen MR) is 41.2 cm³/mol. The third-order valence-corrected chi connectivity index (χ3v) is 2.94. The number of rotatable bonds is 3. The van der Waals surface area contributed by atoms with E-state index in [2.05, 4.69) is 0 Å². The first kappa shape index (κ1) is 7.29. The molecule has 0 aromatic carbocycles. The van der Waals surface area contributed by atoms with Crippen molar-refractivity contribution in [2.45, 2.75) is 19.8 Å². The van der Waals surface area contributed by atoms with Gasteiger partial charge in [-0.1, -0.05) is 0 Å². The minimum absolute atomic E-state index is 0.404. The molecule has 0 spiro atoms. The van der Waals surface area contributed by atoms with Gasteiger partial charge in [0, 0.05) is 18.9 Å². The van der Waals surface area contributed by atoms with Crippen molar-refractivity contribution in [1.82, 2.24) is 0 Å². The van der Waals surface area contributed by atoms with Crippen LogP contribution in [0.5, 0.6) is 0 Å². The minimum Gasteiger partial charge on any atom is -0.381 e. The summed E-state index contributed by atoms with van der Waals surface area (Å²) in [6.45, 7) is 3.60. The standard InChI is InChI=1S/C9H14O2/c1-2-11-5-7-6-3-4-8(10)9(6)7/h6-7,9H,2-5H2,1H3/t6-,7?,9-/m0/s1. The second kappa shape index (κ2) is 2.59. The van der Waals surface area contributed by atoms with Crippen molar-refractivity contribution >= 4 is 5.78 Å². The van der Waals surface area contributed by atoms with E-state index in [4.69, 9.17) is 4.74 Å². The zero-order valence-corrected chi connectivity index (χ0v) is 6.88. The van der Waals surface area contributed by atoms with Crippen molar-refractivity contribution in [2.75, 3.05) is 13.2 Å². The monoisotopic (exact) mass is 154 g/mol. The molecule has 62 valence electrons. The van der Waals surface area contributed by atoms with Crippen LogP contribution in [0.3, 0.4) is 0 Å². The summed E-state index contributed by atoms with van der Waals surface area (Å²) >= 11 is 0. The molecule has 0 saturated heterocycles. The van der Waals surface area contributed by atoms with E-state index in [0.717, 1.165) is 26.1 Å². The van der Waals surface area contributed by atoms with E-state index in [0.29, 0.717) is 23.5 Å². The van der Waals surface area contributed by atoms with Gasteiger partial charge in [0.05, 0.1) is 6.61 Å². The number of hydrogen-bond acceptors (Lipinski definition) is 2. The molecule has 0 bridgehead atoms. The summed E-state index contributed by atoms with van der Waals surface area (Å²) in [6.07, 6.45) is 1.96. The number of fused-ring (bicyclic) bond motifs is 1. The number of ketones is 1. The van der Waals surface area contributed by atoms with Crippen LogP contribution >= 0.6 is 0 Å². The Morgan fingerprint density at radius 3 is 3.00 bits per heavy atom. The second-order valence-corrected chi connectivity index (χ2v) is 3.52. The van der Waals surface area contributed by atoms with Crippen LogP contribution in [0.15, 0.2) is 0 Å². The van der Waals surface area contributed by atoms with E-state index in [1.54, 1.807) is 0 Å². The third-order valence-electron chi connectivity index (χ3n) is 2.94. The Kier molecular flexibility index (Phi) is 1.72. The Morgan fingerprint density at radius 2 is 2.45 bits per heavy atom. The Hall–Kier alpha value is -0.370. The topological polar surface area (TPSA) is 26.3 Å². The zero-order chi connectivity index (χ0) is 7.84. The SMILES string of the molecule is CCOCC1[C@H]2C(=O)CC[C@@H]12. The molecule has 2 aliphatic rings. The van der Waals surface area contributed by atoms with Crippen LogP contribution in [0, 0.1) is 17.8 Å². The highest BCUT2D eigenvalue weighted by Gasteiger charge is 2.57. The highest BCUT2D eigenvalue weighted by atomic mass is 16.5. The summed E-state index contributed by atoms with van der Waals surface area (Å²) in [5, 5.41) is 0. The summed E-state index contributed by atoms with van der Waals surface area (Å²) in [7, 11) is 0. The van der Waals surface area contributed by atoms with Gasteiger partial charge in [0.25, 0.3) is 0 Å². The van der Waals surface area contributed by atoms with Gasteiger partial charge in [-0.3, -0.25) is 4.79 Å². The van der Waals surface area contributed by atoms with Crippen molar-refractivity contribution in [2.24, 2.45) is 17.8 Å². The van der Waals surface area contributed by atoms with Gasteiger partial charge in [-0.05, 0) is 25.2 Å². The van der Waals surface area contributed by atoms with Gasteiger partial charge < -0.3 is 4.74 Å². The van der Waals surface area contributed by atoms with Crippen molar-refractivity contribution in [1.29, 1.82) is 0 Å². The lowest BCUT2D eigenvalue weighted by Gasteiger charge is -2.01. The van der Waals surface area contributed by atoms with Crippen LogP contribution < -0.4 is 0 Å².